The molecule has 0 aliphatic rings. The quantitative estimate of drug-likeness (QED) is 0.673. The topological polar surface area (TPSA) is 40.2 Å². The Balaban J connectivity index is 2.29. The van der Waals surface area contributed by atoms with Gasteiger partial charge in [0.15, 0.2) is 0 Å². The van der Waals surface area contributed by atoms with Gasteiger partial charge in [-0.25, -0.2) is 4.98 Å². The summed E-state index contributed by atoms with van der Waals surface area (Å²) in [7, 11) is 2.16. The largest absolute Gasteiger partial charge is 0.370 e. The Morgan fingerprint density at radius 2 is 1.79 bits per heavy atom. The maximum Gasteiger partial charge on any atom is 0.128 e. The third-order valence-corrected chi connectivity index (χ3v) is 3.18. The molecule has 0 amide bonds. The number of pyridine rings is 1. The first-order valence-corrected chi connectivity index (χ1v) is 7.28. The van der Waals surface area contributed by atoms with E-state index in [-0.39, 0.29) is 0 Å². The van der Waals surface area contributed by atoms with Crippen LogP contribution in [0.2, 0.25) is 0 Å². The first kappa shape index (κ1) is 15.8. The molecule has 0 aliphatic heterocycles. The zero-order valence-electron chi connectivity index (χ0n) is 12.7. The van der Waals surface area contributed by atoms with Crippen LogP contribution >= 0.6 is 0 Å². The second-order valence-electron chi connectivity index (χ2n) is 5.19. The molecule has 1 rings (SSSR count). The predicted molar refractivity (Wildman–Crippen MR) is 83.9 cm³/mol. The Bertz CT molecular complexity index is 352. The molecule has 1 heterocycles. The van der Waals surface area contributed by atoms with Gasteiger partial charge in [-0.3, -0.25) is 0 Å². The molecule has 0 aromatic carbocycles. The SMILES string of the molecule is CCCNc1cccc(NCCCN(C)C(C)C)n1. The van der Waals surface area contributed by atoms with Crippen molar-refractivity contribution in [2.24, 2.45) is 0 Å². The van der Waals surface area contributed by atoms with E-state index in [1.165, 1.54) is 0 Å². The van der Waals surface area contributed by atoms with Crippen LogP contribution in [-0.4, -0.2) is 42.6 Å². The van der Waals surface area contributed by atoms with Crippen molar-refractivity contribution in [1.29, 1.82) is 0 Å². The molecule has 108 valence electrons. The van der Waals surface area contributed by atoms with E-state index < -0.39 is 0 Å². The van der Waals surface area contributed by atoms with E-state index in [1.54, 1.807) is 0 Å². The molecule has 0 aliphatic carbocycles. The Morgan fingerprint density at radius 3 is 2.37 bits per heavy atom. The van der Waals surface area contributed by atoms with Crippen molar-refractivity contribution in [3.05, 3.63) is 18.2 Å². The summed E-state index contributed by atoms with van der Waals surface area (Å²) in [6.45, 7) is 9.63. The van der Waals surface area contributed by atoms with E-state index in [0.29, 0.717) is 6.04 Å². The van der Waals surface area contributed by atoms with Gasteiger partial charge < -0.3 is 15.5 Å². The van der Waals surface area contributed by atoms with Crippen LogP contribution < -0.4 is 10.6 Å². The summed E-state index contributed by atoms with van der Waals surface area (Å²) in [6.07, 6.45) is 2.24. The average Bonchev–Trinajstić information content (AvgIpc) is 2.41. The molecule has 2 N–H and O–H groups in total. The Morgan fingerprint density at radius 1 is 1.16 bits per heavy atom. The fraction of sp³-hybridized carbons (Fsp3) is 0.667. The smallest absolute Gasteiger partial charge is 0.128 e. The van der Waals surface area contributed by atoms with Crippen LogP contribution in [0.3, 0.4) is 0 Å². The Hall–Kier alpha value is -1.29. The molecule has 0 bridgehead atoms. The van der Waals surface area contributed by atoms with E-state index in [4.69, 9.17) is 0 Å². The Kier molecular flexibility index (Phi) is 7.26. The summed E-state index contributed by atoms with van der Waals surface area (Å²) >= 11 is 0. The van der Waals surface area contributed by atoms with Crippen molar-refractivity contribution < 1.29 is 0 Å². The third-order valence-electron chi connectivity index (χ3n) is 3.18. The lowest BCUT2D eigenvalue weighted by Crippen LogP contribution is -2.28. The van der Waals surface area contributed by atoms with E-state index in [0.717, 1.165) is 44.1 Å². The van der Waals surface area contributed by atoms with Crippen molar-refractivity contribution in [2.45, 2.75) is 39.7 Å². The normalized spacial score (nSPS) is 11.1. The third kappa shape index (κ3) is 6.43. The minimum atomic E-state index is 0.611. The molecule has 0 fully saturated rings. The minimum absolute atomic E-state index is 0.611. The second kappa shape index (κ2) is 8.75. The van der Waals surface area contributed by atoms with Gasteiger partial charge in [0, 0.05) is 19.1 Å². The van der Waals surface area contributed by atoms with Crippen LogP contribution in [0, 0.1) is 0 Å². The van der Waals surface area contributed by atoms with Gasteiger partial charge >= 0.3 is 0 Å². The van der Waals surface area contributed by atoms with Gasteiger partial charge in [0.2, 0.25) is 0 Å². The molecule has 0 spiro atoms. The number of rotatable bonds is 9. The summed E-state index contributed by atoms with van der Waals surface area (Å²) in [4.78, 5) is 6.88. The fourth-order valence-corrected chi connectivity index (χ4v) is 1.69. The van der Waals surface area contributed by atoms with Crippen molar-refractivity contribution >= 4 is 11.6 Å². The van der Waals surface area contributed by atoms with Crippen LogP contribution in [-0.2, 0) is 0 Å². The summed E-state index contributed by atoms with van der Waals surface area (Å²) in [5, 5.41) is 6.68. The van der Waals surface area contributed by atoms with Crippen molar-refractivity contribution in [3.63, 3.8) is 0 Å². The van der Waals surface area contributed by atoms with Gasteiger partial charge in [0.1, 0.15) is 11.6 Å². The van der Waals surface area contributed by atoms with E-state index >= 15 is 0 Å². The lowest BCUT2D eigenvalue weighted by molar-refractivity contribution is 0.273. The van der Waals surface area contributed by atoms with Gasteiger partial charge in [-0.2, -0.15) is 0 Å². The molecule has 1 aromatic rings. The van der Waals surface area contributed by atoms with Crippen molar-refractivity contribution in [1.82, 2.24) is 9.88 Å². The van der Waals surface area contributed by atoms with Gasteiger partial charge in [-0.1, -0.05) is 13.0 Å². The van der Waals surface area contributed by atoms with Gasteiger partial charge in [0.25, 0.3) is 0 Å². The molecule has 4 heteroatoms. The van der Waals surface area contributed by atoms with Gasteiger partial charge in [-0.15, -0.1) is 0 Å². The first-order valence-electron chi connectivity index (χ1n) is 7.28. The number of nitrogens with zero attached hydrogens (tertiary/aromatic N) is 2. The monoisotopic (exact) mass is 264 g/mol. The lowest BCUT2D eigenvalue weighted by Gasteiger charge is -2.20. The highest BCUT2D eigenvalue weighted by Gasteiger charge is 2.02. The Labute approximate surface area is 117 Å². The number of hydrogen-bond acceptors (Lipinski definition) is 4. The first-order chi connectivity index (χ1) is 9.13. The number of nitrogens with one attached hydrogen (secondary N) is 2. The predicted octanol–water partition coefficient (Wildman–Crippen LogP) is 3.05. The summed E-state index contributed by atoms with van der Waals surface area (Å²) < 4.78 is 0. The molecule has 4 nitrogen and oxygen atoms in total. The molecular formula is C15H28N4. The summed E-state index contributed by atoms with van der Waals surface area (Å²) in [5.41, 5.74) is 0. The molecule has 1 aromatic heterocycles. The van der Waals surface area contributed by atoms with Gasteiger partial charge in [-0.05, 0) is 52.4 Å². The van der Waals surface area contributed by atoms with Crippen LogP contribution in [0.4, 0.5) is 11.6 Å². The molecule has 0 saturated carbocycles. The maximum atomic E-state index is 4.53. The number of aromatic nitrogens is 1. The van der Waals surface area contributed by atoms with E-state index in [2.05, 4.69) is 48.3 Å². The average molecular weight is 264 g/mol. The number of hydrogen-bond donors (Lipinski definition) is 2. The molecule has 19 heavy (non-hydrogen) atoms. The standard InChI is InChI=1S/C15H28N4/c1-5-10-16-14-8-6-9-15(18-14)17-11-7-12-19(4)13(2)3/h6,8-9,13H,5,7,10-12H2,1-4H3,(H2,16,17,18). The molecule has 0 saturated heterocycles. The van der Waals surface area contributed by atoms with Crippen molar-refractivity contribution in [3.8, 4) is 0 Å². The van der Waals surface area contributed by atoms with Gasteiger partial charge in [0.05, 0.1) is 0 Å². The zero-order valence-corrected chi connectivity index (χ0v) is 12.7. The zero-order chi connectivity index (χ0) is 14.1. The van der Waals surface area contributed by atoms with Crippen LogP contribution in [0.15, 0.2) is 18.2 Å². The molecule has 0 atom stereocenters. The lowest BCUT2D eigenvalue weighted by atomic mass is 10.3. The maximum absolute atomic E-state index is 4.53. The van der Waals surface area contributed by atoms with Crippen LogP contribution in [0.1, 0.15) is 33.6 Å². The van der Waals surface area contributed by atoms with E-state index in [1.807, 2.05) is 18.2 Å². The summed E-state index contributed by atoms with van der Waals surface area (Å²) in [5.74, 6) is 1.90. The second-order valence-corrected chi connectivity index (χ2v) is 5.19. The summed E-state index contributed by atoms with van der Waals surface area (Å²) in [6, 6.07) is 6.67. The minimum Gasteiger partial charge on any atom is -0.370 e. The van der Waals surface area contributed by atoms with E-state index in [9.17, 15) is 0 Å². The van der Waals surface area contributed by atoms with Crippen LogP contribution in [0.25, 0.3) is 0 Å². The highest BCUT2D eigenvalue weighted by atomic mass is 15.1. The number of anilines is 2. The van der Waals surface area contributed by atoms with Crippen LogP contribution in [0.5, 0.6) is 0 Å². The highest BCUT2D eigenvalue weighted by Crippen LogP contribution is 2.09. The molecule has 0 unspecified atom stereocenters. The molecule has 0 radical (unpaired) electrons. The fourth-order valence-electron chi connectivity index (χ4n) is 1.69. The van der Waals surface area contributed by atoms with Crippen molar-refractivity contribution in [2.75, 3.05) is 37.3 Å². The highest BCUT2D eigenvalue weighted by molar-refractivity contribution is 5.44. The molecular weight excluding hydrogens is 236 g/mol.